The summed E-state index contributed by atoms with van der Waals surface area (Å²) in [5.74, 6) is 3.71. The summed E-state index contributed by atoms with van der Waals surface area (Å²) in [7, 11) is 0. The molecule has 0 bridgehead atoms. The Kier molecular flexibility index (Phi) is 3.69. The Bertz CT molecular complexity index is 602. The maximum absolute atomic E-state index is 5.92. The van der Waals surface area contributed by atoms with Gasteiger partial charge in [0.15, 0.2) is 0 Å². The third-order valence-corrected chi connectivity index (χ3v) is 2.88. The maximum Gasteiger partial charge on any atom is 0.224 e. The highest BCUT2D eigenvalue weighted by Gasteiger charge is 2.13. The Morgan fingerprint density at radius 3 is 2.67 bits per heavy atom. The summed E-state index contributed by atoms with van der Waals surface area (Å²) in [5.41, 5.74) is 0.805. The zero-order valence-corrected chi connectivity index (χ0v) is 11.1. The van der Waals surface area contributed by atoms with Crippen molar-refractivity contribution < 1.29 is 0 Å². The Labute approximate surface area is 112 Å². The number of hydrogen-bond acceptors (Lipinski definition) is 3. The summed E-state index contributed by atoms with van der Waals surface area (Å²) in [5, 5.41) is 4.38. The molecule has 0 saturated heterocycles. The van der Waals surface area contributed by atoms with Crippen molar-refractivity contribution in [2.45, 2.75) is 19.9 Å². The second-order valence-corrected chi connectivity index (χ2v) is 4.73. The minimum atomic E-state index is -0.0839. The van der Waals surface area contributed by atoms with Crippen molar-refractivity contribution in [3.8, 4) is 12.3 Å². The number of aromatic nitrogens is 2. The van der Waals surface area contributed by atoms with E-state index in [4.69, 9.17) is 18.0 Å². The second-order valence-electron chi connectivity index (χ2n) is 4.39. The van der Waals surface area contributed by atoms with Gasteiger partial charge in [0.2, 0.25) is 5.28 Å². The molecule has 1 N–H and O–H groups in total. The predicted octanol–water partition coefficient (Wildman–Crippen LogP) is 3.35. The van der Waals surface area contributed by atoms with Crippen molar-refractivity contribution in [3.05, 3.63) is 29.5 Å². The minimum Gasteiger partial charge on any atom is -0.356 e. The van der Waals surface area contributed by atoms with Crippen molar-refractivity contribution in [2.75, 3.05) is 5.32 Å². The van der Waals surface area contributed by atoms with Gasteiger partial charge in [-0.1, -0.05) is 31.9 Å². The fourth-order valence-corrected chi connectivity index (χ4v) is 1.88. The fraction of sp³-hybridized carbons (Fsp3) is 0.286. The van der Waals surface area contributed by atoms with E-state index in [-0.39, 0.29) is 11.3 Å². The van der Waals surface area contributed by atoms with E-state index >= 15 is 0 Å². The number of fused-ring (bicyclic) bond motifs is 1. The average Bonchev–Trinajstić information content (AvgIpc) is 2.35. The molecule has 0 radical (unpaired) electrons. The molecule has 0 spiro atoms. The first-order valence-corrected chi connectivity index (χ1v) is 6.14. The zero-order chi connectivity index (χ0) is 13.1. The Morgan fingerprint density at radius 2 is 2.00 bits per heavy atom. The third kappa shape index (κ3) is 2.55. The zero-order valence-electron chi connectivity index (χ0n) is 10.3. The fourth-order valence-electron chi connectivity index (χ4n) is 1.71. The van der Waals surface area contributed by atoms with Crippen LogP contribution in [0.5, 0.6) is 0 Å². The molecule has 2 aromatic rings. The van der Waals surface area contributed by atoms with E-state index in [9.17, 15) is 0 Å². The van der Waals surface area contributed by atoms with Crippen LogP contribution in [0.2, 0.25) is 5.28 Å². The summed E-state index contributed by atoms with van der Waals surface area (Å²) < 4.78 is 0. The first-order valence-electron chi connectivity index (χ1n) is 5.76. The van der Waals surface area contributed by atoms with Crippen LogP contribution in [0.25, 0.3) is 10.9 Å². The topological polar surface area (TPSA) is 37.8 Å². The van der Waals surface area contributed by atoms with E-state index in [0.29, 0.717) is 11.7 Å². The van der Waals surface area contributed by atoms with Gasteiger partial charge in [-0.05, 0) is 29.7 Å². The summed E-state index contributed by atoms with van der Waals surface area (Å²) >= 11 is 5.92. The number of hydrogen-bond donors (Lipinski definition) is 1. The first kappa shape index (κ1) is 12.7. The quantitative estimate of drug-likeness (QED) is 0.679. The highest BCUT2D eigenvalue weighted by Crippen LogP contribution is 2.23. The number of nitrogens with zero attached hydrogens (tertiary/aromatic N) is 2. The van der Waals surface area contributed by atoms with Crippen molar-refractivity contribution >= 4 is 28.3 Å². The molecule has 0 amide bonds. The number of nitrogens with one attached hydrogen (secondary N) is 1. The first-order chi connectivity index (χ1) is 8.61. The number of anilines is 1. The third-order valence-electron chi connectivity index (χ3n) is 2.71. The molecular weight excluding hydrogens is 246 g/mol. The van der Waals surface area contributed by atoms with Crippen molar-refractivity contribution in [2.24, 2.45) is 5.92 Å². The molecule has 1 heterocycles. The highest BCUT2D eigenvalue weighted by atomic mass is 35.5. The standard InChI is InChI=1S/C14H14ClN3/c1-4-11(9(2)3)16-13-10-7-5-6-8-12(10)17-14(15)18-13/h1,5-9,11H,2-3H3,(H,16,17,18). The molecule has 0 aliphatic heterocycles. The van der Waals surface area contributed by atoms with Crippen LogP contribution in [-0.4, -0.2) is 16.0 Å². The van der Waals surface area contributed by atoms with Gasteiger partial charge >= 0.3 is 0 Å². The molecule has 1 aromatic heterocycles. The maximum atomic E-state index is 5.92. The number of para-hydroxylation sites is 1. The van der Waals surface area contributed by atoms with Crippen LogP contribution >= 0.6 is 11.6 Å². The summed E-state index contributed by atoms with van der Waals surface area (Å²) in [6.07, 6.45) is 5.51. The number of halogens is 1. The molecule has 1 aromatic carbocycles. The summed E-state index contributed by atoms with van der Waals surface area (Å²) in [4.78, 5) is 8.40. The smallest absolute Gasteiger partial charge is 0.224 e. The van der Waals surface area contributed by atoms with E-state index in [1.807, 2.05) is 24.3 Å². The molecule has 1 atom stereocenters. The monoisotopic (exact) mass is 259 g/mol. The Hall–Kier alpha value is -1.79. The molecule has 0 aliphatic rings. The van der Waals surface area contributed by atoms with Gasteiger partial charge in [-0.25, -0.2) is 9.97 Å². The largest absolute Gasteiger partial charge is 0.356 e. The van der Waals surface area contributed by atoms with E-state index in [2.05, 4.69) is 35.1 Å². The van der Waals surface area contributed by atoms with Crippen LogP contribution < -0.4 is 5.32 Å². The number of rotatable bonds is 3. The van der Waals surface area contributed by atoms with Gasteiger partial charge in [0.25, 0.3) is 0 Å². The van der Waals surface area contributed by atoms with Crippen LogP contribution in [0.15, 0.2) is 24.3 Å². The molecule has 0 fully saturated rings. The van der Waals surface area contributed by atoms with Gasteiger partial charge in [0.1, 0.15) is 5.82 Å². The number of terminal acetylenes is 1. The normalized spacial score (nSPS) is 12.4. The van der Waals surface area contributed by atoms with Crippen LogP contribution in [0, 0.1) is 18.3 Å². The number of benzene rings is 1. The van der Waals surface area contributed by atoms with Gasteiger partial charge in [-0.2, -0.15) is 0 Å². The second kappa shape index (κ2) is 5.24. The molecule has 4 heteroatoms. The van der Waals surface area contributed by atoms with Crippen LogP contribution in [0.3, 0.4) is 0 Å². The Morgan fingerprint density at radius 1 is 1.28 bits per heavy atom. The van der Waals surface area contributed by atoms with E-state index in [0.717, 1.165) is 10.9 Å². The minimum absolute atomic E-state index is 0.0839. The highest BCUT2D eigenvalue weighted by molar-refractivity contribution is 6.28. The predicted molar refractivity (Wildman–Crippen MR) is 75.6 cm³/mol. The lowest BCUT2D eigenvalue weighted by Crippen LogP contribution is -2.24. The van der Waals surface area contributed by atoms with E-state index < -0.39 is 0 Å². The average molecular weight is 260 g/mol. The molecule has 18 heavy (non-hydrogen) atoms. The lowest BCUT2D eigenvalue weighted by Gasteiger charge is -2.18. The van der Waals surface area contributed by atoms with Crippen molar-refractivity contribution in [1.29, 1.82) is 0 Å². The summed E-state index contributed by atoms with van der Waals surface area (Å²) in [6.45, 7) is 4.12. The van der Waals surface area contributed by atoms with Crippen molar-refractivity contribution in [3.63, 3.8) is 0 Å². The van der Waals surface area contributed by atoms with Crippen LogP contribution in [0.1, 0.15) is 13.8 Å². The molecule has 2 rings (SSSR count). The van der Waals surface area contributed by atoms with Gasteiger partial charge in [-0.15, -0.1) is 6.42 Å². The van der Waals surface area contributed by atoms with Crippen LogP contribution in [-0.2, 0) is 0 Å². The van der Waals surface area contributed by atoms with Crippen molar-refractivity contribution in [1.82, 2.24) is 9.97 Å². The van der Waals surface area contributed by atoms with Gasteiger partial charge in [-0.3, -0.25) is 0 Å². The summed E-state index contributed by atoms with van der Waals surface area (Å²) in [6, 6.07) is 7.61. The SMILES string of the molecule is C#CC(Nc1nc(Cl)nc2ccccc12)C(C)C. The van der Waals surface area contributed by atoms with E-state index in [1.54, 1.807) is 0 Å². The molecular formula is C14H14ClN3. The molecule has 0 aliphatic carbocycles. The molecule has 92 valence electrons. The van der Waals surface area contributed by atoms with E-state index in [1.165, 1.54) is 0 Å². The Balaban J connectivity index is 2.47. The molecule has 3 nitrogen and oxygen atoms in total. The lowest BCUT2D eigenvalue weighted by molar-refractivity contribution is 0.613. The molecule has 0 saturated carbocycles. The van der Waals surface area contributed by atoms with Crippen LogP contribution in [0.4, 0.5) is 5.82 Å². The van der Waals surface area contributed by atoms with Gasteiger partial charge in [0, 0.05) is 5.39 Å². The lowest BCUT2D eigenvalue weighted by atomic mass is 10.1. The van der Waals surface area contributed by atoms with Gasteiger partial charge in [0.05, 0.1) is 11.6 Å². The van der Waals surface area contributed by atoms with Gasteiger partial charge < -0.3 is 5.32 Å². The molecule has 1 unspecified atom stereocenters.